The first-order valence-electron chi connectivity index (χ1n) is 4.05. The van der Waals surface area contributed by atoms with E-state index in [0.29, 0.717) is 5.02 Å². The summed E-state index contributed by atoms with van der Waals surface area (Å²) in [6, 6.07) is 4.31. The number of halogens is 3. The van der Waals surface area contributed by atoms with Crippen LogP contribution in [0.15, 0.2) is 23.0 Å². The van der Waals surface area contributed by atoms with E-state index >= 15 is 0 Å². The van der Waals surface area contributed by atoms with Gasteiger partial charge in [-0.25, -0.2) is 13.8 Å². The van der Waals surface area contributed by atoms with Crippen molar-refractivity contribution < 1.29 is 8.78 Å². The molecule has 0 radical (unpaired) electrons. The smallest absolute Gasteiger partial charge is 0.295 e. The van der Waals surface area contributed by atoms with Gasteiger partial charge in [-0.2, -0.15) is 0 Å². The second-order valence-corrected chi connectivity index (χ2v) is 3.35. The van der Waals surface area contributed by atoms with Gasteiger partial charge >= 0.3 is 0 Å². The average Bonchev–Trinajstić information content (AvgIpc) is 2.18. The molecular weight excluding hydrogens is 226 g/mol. The number of H-pyrrole nitrogens is 1. The lowest BCUT2D eigenvalue weighted by atomic mass is 10.2. The summed E-state index contributed by atoms with van der Waals surface area (Å²) in [6.45, 7) is 0. The van der Waals surface area contributed by atoms with Gasteiger partial charge in [-0.05, 0) is 18.2 Å². The molecule has 1 N–H and O–H groups in total. The molecule has 0 atom stereocenters. The lowest BCUT2D eigenvalue weighted by Crippen LogP contribution is -2.12. The second kappa shape index (κ2) is 3.58. The fraction of sp³-hybridized carbons (Fsp3) is 0.111. The van der Waals surface area contributed by atoms with Crippen molar-refractivity contribution >= 4 is 22.5 Å². The molecule has 3 nitrogen and oxygen atoms in total. The molecule has 0 fully saturated rings. The van der Waals surface area contributed by atoms with Crippen molar-refractivity contribution in [1.29, 1.82) is 0 Å². The van der Waals surface area contributed by atoms with Crippen LogP contribution in [0.2, 0.25) is 5.02 Å². The number of aromatic amines is 1. The van der Waals surface area contributed by atoms with E-state index in [1.165, 1.54) is 18.2 Å². The summed E-state index contributed by atoms with van der Waals surface area (Å²) in [7, 11) is 0. The molecule has 0 aliphatic heterocycles. The Morgan fingerprint density at radius 3 is 2.80 bits per heavy atom. The van der Waals surface area contributed by atoms with Crippen LogP contribution in [0.25, 0.3) is 10.9 Å². The molecule has 1 aromatic carbocycles. The monoisotopic (exact) mass is 230 g/mol. The fourth-order valence-electron chi connectivity index (χ4n) is 1.23. The van der Waals surface area contributed by atoms with Gasteiger partial charge in [0.2, 0.25) is 0 Å². The Morgan fingerprint density at radius 1 is 1.40 bits per heavy atom. The number of aromatic nitrogens is 2. The maximum Gasteiger partial charge on any atom is 0.295 e. The highest BCUT2D eigenvalue weighted by Crippen LogP contribution is 2.18. The molecule has 1 heterocycles. The van der Waals surface area contributed by atoms with Gasteiger partial charge in [0.15, 0.2) is 5.82 Å². The average molecular weight is 231 g/mol. The van der Waals surface area contributed by atoms with Crippen molar-refractivity contribution in [1.82, 2.24) is 9.97 Å². The maximum absolute atomic E-state index is 12.3. The van der Waals surface area contributed by atoms with Gasteiger partial charge in [0, 0.05) is 5.02 Å². The Bertz CT molecular complexity index is 568. The first-order chi connectivity index (χ1) is 7.08. The number of benzene rings is 1. The van der Waals surface area contributed by atoms with E-state index in [9.17, 15) is 13.6 Å². The molecule has 0 amide bonds. The number of hydrogen-bond donors (Lipinski definition) is 1. The van der Waals surface area contributed by atoms with Gasteiger partial charge in [-0.15, -0.1) is 0 Å². The normalized spacial score (nSPS) is 11.2. The summed E-state index contributed by atoms with van der Waals surface area (Å²) in [5.74, 6) is -0.630. The molecule has 6 heteroatoms. The van der Waals surface area contributed by atoms with Gasteiger partial charge in [0.25, 0.3) is 12.0 Å². The second-order valence-electron chi connectivity index (χ2n) is 2.91. The van der Waals surface area contributed by atoms with Crippen LogP contribution in [0, 0.1) is 0 Å². The van der Waals surface area contributed by atoms with Crippen LogP contribution in [0.5, 0.6) is 0 Å². The van der Waals surface area contributed by atoms with Crippen LogP contribution in [0.1, 0.15) is 12.2 Å². The third-order valence-corrected chi connectivity index (χ3v) is 2.13. The molecule has 0 spiro atoms. The van der Waals surface area contributed by atoms with Gasteiger partial charge in [-0.3, -0.25) is 4.79 Å². The van der Waals surface area contributed by atoms with Crippen molar-refractivity contribution in [3.8, 4) is 0 Å². The lowest BCUT2D eigenvalue weighted by Gasteiger charge is -2.01. The van der Waals surface area contributed by atoms with Crippen LogP contribution in [-0.2, 0) is 0 Å². The van der Waals surface area contributed by atoms with Crippen molar-refractivity contribution in [3.63, 3.8) is 0 Å². The minimum atomic E-state index is -2.79. The zero-order valence-corrected chi connectivity index (χ0v) is 8.05. The van der Waals surface area contributed by atoms with Crippen molar-refractivity contribution in [3.05, 3.63) is 39.4 Å². The van der Waals surface area contributed by atoms with Crippen LogP contribution in [0.3, 0.4) is 0 Å². The van der Waals surface area contributed by atoms with Crippen molar-refractivity contribution in [2.45, 2.75) is 6.43 Å². The Hall–Kier alpha value is -1.49. The Balaban J connectivity index is 2.79. The van der Waals surface area contributed by atoms with E-state index in [1.807, 2.05) is 4.98 Å². The summed E-state index contributed by atoms with van der Waals surface area (Å²) in [4.78, 5) is 17.0. The summed E-state index contributed by atoms with van der Waals surface area (Å²) in [6.07, 6.45) is -2.79. The summed E-state index contributed by atoms with van der Waals surface area (Å²) >= 11 is 5.66. The molecule has 0 unspecified atom stereocenters. The summed E-state index contributed by atoms with van der Waals surface area (Å²) in [5, 5.41) is 0.562. The quantitative estimate of drug-likeness (QED) is 0.818. The molecule has 0 saturated heterocycles. The van der Waals surface area contributed by atoms with E-state index in [4.69, 9.17) is 11.6 Å². The zero-order chi connectivity index (χ0) is 11.0. The van der Waals surface area contributed by atoms with Crippen LogP contribution < -0.4 is 5.56 Å². The molecule has 15 heavy (non-hydrogen) atoms. The highest BCUT2D eigenvalue weighted by Gasteiger charge is 2.12. The van der Waals surface area contributed by atoms with Gasteiger partial charge < -0.3 is 4.98 Å². The molecular formula is C9H5ClF2N2O. The lowest BCUT2D eigenvalue weighted by molar-refractivity contribution is 0.140. The van der Waals surface area contributed by atoms with Gasteiger partial charge in [0.1, 0.15) is 0 Å². The molecule has 78 valence electrons. The predicted octanol–water partition coefficient (Wildman–Crippen LogP) is 2.51. The molecule has 2 rings (SSSR count). The summed E-state index contributed by atoms with van der Waals surface area (Å²) < 4.78 is 24.6. The van der Waals surface area contributed by atoms with E-state index in [1.54, 1.807) is 0 Å². The van der Waals surface area contributed by atoms with E-state index < -0.39 is 17.8 Å². The van der Waals surface area contributed by atoms with Crippen molar-refractivity contribution in [2.24, 2.45) is 0 Å². The highest BCUT2D eigenvalue weighted by molar-refractivity contribution is 6.31. The van der Waals surface area contributed by atoms with Gasteiger partial charge in [0.05, 0.1) is 10.9 Å². The Morgan fingerprint density at radius 2 is 2.13 bits per heavy atom. The fourth-order valence-corrected chi connectivity index (χ4v) is 1.40. The molecule has 1 aromatic heterocycles. The topological polar surface area (TPSA) is 45.8 Å². The van der Waals surface area contributed by atoms with Crippen LogP contribution in [-0.4, -0.2) is 9.97 Å². The third-order valence-electron chi connectivity index (χ3n) is 1.89. The highest BCUT2D eigenvalue weighted by atomic mass is 35.5. The number of nitrogens with zero attached hydrogens (tertiary/aromatic N) is 1. The number of fused-ring (bicyclic) bond motifs is 1. The Kier molecular flexibility index (Phi) is 2.40. The Labute approximate surface area is 87.7 Å². The minimum Gasteiger partial charge on any atom is -0.305 e. The number of hydrogen-bond acceptors (Lipinski definition) is 2. The summed E-state index contributed by atoms with van der Waals surface area (Å²) in [5.41, 5.74) is -0.406. The first-order valence-corrected chi connectivity index (χ1v) is 4.43. The van der Waals surface area contributed by atoms with E-state index in [0.717, 1.165) is 0 Å². The first kappa shape index (κ1) is 10.0. The molecule has 0 bridgehead atoms. The predicted molar refractivity (Wildman–Crippen MR) is 52.3 cm³/mol. The third kappa shape index (κ3) is 1.83. The number of nitrogens with one attached hydrogen (secondary N) is 1. The van der Waals surface area contributed by atoms with Crippen LogP contribution in [0.4, 0.5) is 8.78 Å². The van der Waals surface area contributed by atoms with Gasteiger partial charge in [-0.1, -0.05) is 11.6 Å². The SMILES string of the molecule is O=c1[nH]c(C(F)F)nc2ccc(Cl)cc12. The molecule has 0 saturated carbocycles. The standard InChI is InChI=1S/C9H5ClF2N2O/c10-4-1-2-6-5(3-4)9(15)14-8(13-6)7(11)12/h1-3,7H,(H,13,14,15). The zero-order valence-electron chi connectivity index (χ0n) is 7.30. The molecule has 2 aromatic rings. The maximum atomic E-state index is 12.3. The number of rotatable bonds is 1. The molecule has 0 aliphatic carbocycles. The van der Waals surface area contributed by atoms with Crippen molar-refractivity contribution in [2.75, 3.05) is 0 Å². The number of alkyl halides is 2. The largest absolute Gasteiger partial charge is 0.305 e. The van der Waals surface area contributed by atoms with E-state index in [2.05, 4.69) is 4.98 Å². The minimum absolute atomic E-state index is 0.201. The molecule has 0 aliphatic rings. The van der Waals surface area contributed by atoms with Crippen LogP contribution >= 0.6 is 11.6 Å². The van der Waals surface area contributed by atoms with E-state index in [-0.39, 0.29) is 10.9 Å².